The molecule has 1 aromatic heterocycles. The third-order valence-electron chi connectivity index (χ3n) is 3.39. The molecule has 0 bridgehead atoms. The lowest BCUT2D eigenvalue weighted by Crippen LogP contribution is -1.98. The number of nitrogens with zero attached hydrogens (tertiary/aromatic N) is 2. The van der Waals surface area contributed by atoms with Gasteiger partial charge in [0.15, 0.2) is 0 Å². The van der Waals surface area contributed by atoms with Crippen LogP contribution >= 0.6 is 23.4 Å². The zero-order chi connectivity index (χ0) is 18.2. The molecular weight excluding hydrogens is 373 g/mol. The van der Waals surface area contributed by atoms with Gasteiger partial charge in [-0.3, -0.25) is 5.10 Å². The van der Waals surface area contributed by atoms with Gasteiger partial charge in [-0.15, -0.1) is 5.10 Å². The van der Waals surface area contributed by atoms with Crippen molar-refractivity contribution < 1.29 is 9.13 Å². The molecule has 4 nitrogen and oxygen atoms in total. The fraction of sp³-hybridized carbons (Fsp3) is 0.158. The van der Waals surface area contributed by atoms with Gasteiger partial charge in [0.2, 0.25) is 5.16 Å². The molecule has 0 saturated carbocycles. The standard InChI is InChI=1S/C19H17ClFN3OS/c20-15-5-9-17(10-6-15)25-12-1-13-26-19-22-18(23-24-19)11-4-14-2-7-16(21)8-3-14/h2-11H,1,12-13H2,(H,22,23,24). The predicted octanol–water partition coefficient (Wildman–Crippen LogP) is 5.33. The van der Waals surface area contributed by atoms with E-state index >= 15 is 0 Å². The lowest BCUT2D eigenvalue weighted by atomic mass is 10.2. The summed E-state index contributed by atoms with van der Waals surface area (Å²) >= 11 is 7.40. The Morgan fingerprint density at radius 3 is 2.62 bits per heavy atom. The van der Waals surface area contributed by atoms with Crippen molar-refractivity contribution in [1.29, 1.82) is 0 Å². The molecule has 3 aromatic rings. The molecule has 1 heterocycles. The molecule has 0 fully saturated rings. The lowest BCUT2D eigenvalue weighted by Gasteiger charge is -2.05. The molecule has 0 radical (unpaired) electrons. The number of H-pyrrole nitrogens is 1. The second-order valence-corrected chi connectivity index (χ2v) is 6.89. The minimum atomic E-state index is -0.249. The highest BCUT2D eigenvalue weighted by molar-refractivity contribution is 7.99. The number of benzene rings is 2. The minimum absolute atomic E-state index is 0.249. The van der Waals surface area contributed by atoms with Crippen LogP contribution in [0, 0.1) is 5.82 Å². The Morgan fingerprint density at radius 2 is 1.85 bits per heavy atom. The Hall–Kier alpha value is -2.31. The van der Waals surface area contributed by atoms with Crippen LogP contribution in [0.1, 0.15) is 17.8 Å². The first kappa shape index (κ1) is 18.5. The Morgan fingerprint density at radius 1 is 1.08 bits per heavy atom. The Bertz CT molecular complexity index is 850. The zero-order valence-corrected chi connectivity index (χ0v) is 15.4. The Labute approximate surface area is 160 Å². The van der Waals surface area contributed by atoms with Crippen molar-refractivity contribution in [2.75, 3.05) is 12.4 Å². The molecule has 1 N–H and O–H groups in total. The van der Waals surface area contributed by atoms with E-state index in [0.717, 1.165) is 23.5 Å². The number of hydrogen-bond donors (Lipinski definition) is 1. The van der Waals surface area contributed by atoms with Crippen LogP contribution in [0.2, 0.25) is 5.02 Å². The number of aromatic nitrogens is 3. The van der Waals surface area contributed by atoms with E-state index in [9.17, 15) is 4.39 Å². The van der Waals surface area contributed by atoms with Crippen LogP contribution in [0.15, 0.2) is 53.7 Å². The van der Waals surface area contributed by atoms with Gasteiger partial charge in [-0.25, -0.2) is 9.37 Å². The van der Waals surface area contributed by atoms with Crippen LogP contribution in [0.4, 0.5) is 4.39 Å². The number of ether oxygens (including phenoxy) is 1. The van der Waals surface area contributed by atoms with E-state index in [-0.39, 0.29) is 5.82 Å². The van der Waals surface area contributed by atoms with Crippen LogP contribution in [-0.4, -0.2) is 27.5 Å². The van der Waals surface area contributed by atoms with E-state index in [0.29, 0.717) is 22.6 Å². The SMILES string of the molecule is Fc1ccc(C=Cc2nc(SCCCOc3ccc(Cl)cc3)n[nH]2)cc1. The smallest absolute Gasteiger partial charge is 0.208 e. The highest BCUT2D eigenvalue weighted by atomic mass is 35.5. The van der Waals surface area contributed by atoms with Crippen molar-refractivity contribution in [3.63, 3.8) is 0 Å². The Balaban J connectivity index is 1.39. The number of nitrogens with one attached hydrogen (secondary N) is 1. The van der Waals surface area contributed by atoms with E-state index in [4.69, 9.17) is 16.3 Å². The number of aromatic amines is 1. The summed E-state index contributed by atoms with van der Waals surface area (Å²) in [7, 11) is 0. The number of rotatable bonds is 8. The summed E-state index contributed by atoms with van der Waals surface area (Å²) in [5.41, 5.74) is 0.899. The topological polar surface area (TPSA) is 50.8 Å². The van der Waals surface area contributed by atoms with Crippen LogP contribution < -0.4 is 4.74 Å². The highest BCUT2D eigenvalue weighted by Crippen LogP contribution is 2.17. The van der Waals surface area contributed by atoms with E-state index in [1.807, 2.05) is 24.3 Å². The third kappa shape index (κ3) is 5.89. The first-order valence-electron chi connectivity index (χ1n) is 8.06. The molecule has 134 valence electrons. The van der Waals surface area contributed by atoms with E-state index in [2.05, 4.69) is 15.2 Å². The maximum atomic E-state index is 12.9. The highest BCUT2D eigenvalue weighted by Gasteiger charge is 2.02. The van der Waals surface area contributed by atoms with E-state index in [1.165, 1.54) is 12.1 Å². The van der Waals surface area contributed by atoms with E-state index in [1.54, 1.807) is 36.0 Å². The fourth-order valence-electron chi connectivity index (χ4n) is 2.09. The average Bonchev–Trinajstić information content (AvgIpc) is 3.10. The summed E-state index contributed by atoms with van der Waals surface area (Å²) < 4.78 is 18.5. The largest absolute Gasteiger partial charge is 0.494 e. The van der Waals surface area contributed by atoms with Gasteiger partial charge in [-0.2, -0.15) is 0 Å². The maximum absolute atomic E-state index is 12.9. The van der Waals surface area contributed by atoms with Crippen molar-refractivity contribution in [2.45, 2.75) is 11.6 Å². The summed E-state index contributed by atoms with van der Waals surface area (Å²) in [6, 6.07) is 13.6. The third-order valence-corrected chi connectivity index (χ3v) is 4.57. The number of hydrogen-bond acceptors (Lipinski definition) is 4. The molecule has 2 aromatic carbocycles. The molecule has 0 atom stereocenters. The van der Waals surface area contributed by atoms with Gasteiger partial charge in [0.05, 0.1) is 6.61 Å². The van der Waals surface area contributed by atoms with Crippen LogP contribution in [-0.2, 0) is 0 Å². The predicted molar refractivity (Wildman–Crippen MR) is 104 cm³/mol. The monoisotopic (exact) mass is 389 g/mol. The van der Waals surface area contributed by atoms with Gasteiger partial charge >= 0.3 is 0 Å². The van der Waals surface area contributed by atoms with Crippen molar-refractivity contribution in [2.24, 2.45) is 0 Å². The summed E-state index contributed by atoms with van der Waals surface area (Å²) in [4.78, 5) is 4.39. The Kier molecular flexibility index (Phi) is 6.68. The summed E-state index contributed by atoms with van der Waals surface area (Å²) in [6.07, 6.45) is 4.55. The summed E-state index contributed by atoms with van der Waals surface area (Å²) in [6.45, 7) is 0.621. The van der Waals surface area contributed by atoms with Gasteiger partial charge in [0.1, 0.15) is 17.4 Å². The summed E-state index contributed by atoms with van der Waals surface area (Å²) in [5, 5.41) is 8.43. The second kappa shape index (κ2) is 9.40. The van der Waals surface area contributed by atoms with Gasteiger partial charge in [0.25, 0.3) is 0 Å². The summed E-state index contributed by atoms with van der Waals surface area (Å²) in [5.74, 6) is 2.08. The number of thioether (sulfide) groups is 1. The number of halogens is 2. The molecule has 0 amide bonds. The van der Waals surface area contributed by atoms with Crippen LogP contribution in [0.5, 0.6) is 5.75 Å². The van der Waals surface area contributed by atoms with Crippen LogP contribution in [0.25, 0.3) is 12.2 Å². The fourth-order valence-corrected chi connectivity index (χ4v) is 2.93. The lowest BCUT2D eigenvalue weighted by molar-refractivity contribution is 0.318. The molecule has 0 aliphatic carbocycles. The molecule has 3 rings (SSSR count). The van der Waals surface area contributed by atoms with Gasteiger partial charge in [0, 0.05) is 10.8 Å². The molecule has 0 saturated heterocycles. The second-order valence-electron chi connectivity index (χ2n) is 5.39. The van der Waals surface area contributed by atoms with Gasteiger partial charge in [-0.1, -0.05) is 41.6 Å². The van der Waals surface area contributed by atoms with Gasteiger partial charge < -0.3 is 4.74 Å². The molecule has 0 aliphatic heterocycles. The molecule has 26 heavy (non-hydrogen) atoms. The zero-order valence-electron chi connectivity index (χ0n) is 13.9. The molecular formula is C19H17ClFN3OS. The van der Waals surface area contributed by atoms with Crippen molar-refractivity contribution >= 4 is 35.5 Å². The average molecular weight is 390 g/mol. The van der Waals surface area contributed by atoms with Crippen molar-refractivity contribution in [3.05, 3.63) is 70.8 Å². The molecule has 0 aliphatic rings. The molecule has 0 unspecified atom stereocenters. The van der Waals surface area contributed by atoms with Crippen LogP contribution in [0.3, 0.4) is 0 Å². The van der Waals surface area contributed by atoms with Gasteiger partial charge in [-0.05, 0) is 54.5 Å². The normalized spacial score (nSPS) is 11.2. The van der Waals surface area contributed by atoms with E-state index < -0.39 is 0 Å². The van der Waals surface area contributed by atoms with Crippen molar-refractivity contribution in [3.8, 4) is 5.75 Å². The molecule has 0 spiro atoms. The first-order chi connectivity index (χ1) is 12.7. The molecule has 7 heteroatoms. The maximum Gasteiger partial charge on any atom is 0.208 e. The minimum Gasteiger partial charge on any atom is -0.494 e. The first-order valence-corrected chi connectivity index (χ1v) is 9.42. The quantitative estimate of drug-likeness (QED) is 0.418. The van der Waals surface area contributed by atoms with Crippen molar-refractivity contribution in [1.82, 2.24) is 15.2 Å².